The summed E-state index contributed by atoms with van der Waals surface area (Å²) in [5, 5.41) is 3.30. The zero-order valence-corrected chi connectivity index (χ0v) is 10.5. The summed E-state index contributed by atoms with van der Waals surface area (Å²) in [6.07, 6.45) is 2.94. The molecule has 0 aliphatic carbocycles. The lowest BCUT2D eigenvalue weighted by Crippen LogP contribution is -2.19. The number of rotatable bonds is 4. The molecule has 0 aromatic carbocycles. The molecule has 1 heterocycles. The molecule has 1 atom stereocenters. The Hall–Kier alpha value is -0.410. The molecule has 0 aliphatic rings. The molecule has 1 rings (SSSR count). The van der Waals surface area contributed by atoms with Crippen LogP contribution in [-0.2, 0) is 0 Å². The van der Waals surface area contributed by atoms with Gasteiger partial charge in [0.25, 0.3) is 0 Å². The van der Waals surface area contributed by atoms with E-state index in [0.717, 1.165) is 16.6 Å². The van der Waals surface area contributed by atoms with Gasteiger partial charge in [-0.3, -0.25) is 4.98 Å². The minimum absolute atomic E-state index is 0.338. The first kappa shape index (κ1) is 11.7. The third kappa shape index (κ3) is 3.07. The molecule has 0 amide bonds. The van der Waals surface area contributed by atoms with E-state index >= 15 is 0 Å². The maximum atomic E-state index is 4.39. The first-order valence-corrected chi connectivity index (χ1v) is 5.72. The number of hydrogen-bond donors (Lipinski definition) is 1. The molecule has 0 fully saturated rings. The van der Waals surface area contributed by atoms with E-state index in [2.05, 4.69) is 40.1 Å². The Morgan fingerprint density at radius 2 is 2.21 bits per heavy atom. The van der Waals surface area contributed by atoms with Gasteiger partial charge in [-0.2, -0.15) is 0 Å². The van der Waals surface area contributed by atoms with Gasteiger partial charge in [0.15, 0.2) is 0 Å². The van der Waals surface area contributed by atoms with Crippen LogP contribution >= 0.6 is 15.9 Å². The minimum Gasteiger partial charge on any atom is -0.312 e. The van der Waals surface area contributed by atoms with Crippen molar-refractivity contribution in [3.63, 3.8) is 0 Å². The molecule has 3 heteroatoms. The highest BCUT2D eigenvalue weighted by Crippen LogP contribution is 2.25. The fraction of sp³-hybridized carbons (Fsp3) is 0.545. The monoisotopic (exact) mass is 256 g/mol. The van der Waals surface area contributed by atoms with Crippen LogP contribution in [0.15, 0.2) is 22.8 Å². The van der Waals surface area contributed by atoms with E-state index < -0.39 is 0 Å². The number of nitrogens with one attached hydrogen (secondary N) is 1. The standard InChI is InChI=1S/C11H17BrN2/c1-8(2)7-10(13-3)11-9(12)5-4-6-14-11/h4-6,8,10,13H,7H2,1-3H3. The Morgan fingerprint density at radius 3 is 2.71 bits per heavy atom. The van der Waals surface area contributed by atoms with Crippen molar-refractivity contribution < 1.29 is 0 Å². The SMILES string of the molecule is CNC(CC(C)C)c1ncccc1Br. The summed E-state index contributed by atoms with van der Waals surface area (Å²) < 4.78 is 1.08. The van der Waals surface area contributed by atoms with Crippen molar-refractivity contribution in [3.8, 4) is 0 Å². The normalized spacial score (nSPS) is 13.2. The van der Waals surface area contributed by atoms with Gasteiger partial charge in [0.2, 0.25) is 0 Å². The Morgan fingerprint density at radius 1 is 1.50 bits per heavy atom. The zero-order valence-electron chi connectivity index (χ0n) is 8.92. The van der Waals surface area contributed by atoms with Crippen molar-refractivity contribution in [1.82, 2.24) is 10.3 Å². The second kappa shape index (κ2) is 5.47. The maximum Gasteiger partial charge on any atom is 0.0714 e. The maximum absolute atomic E-state index is 4.39. The second-order valence-corrected chi connectivity index (χ2v) is 4.70. The summed E-state index contributed by atoms with van der Waals surface area (Å²) in [4.78, 5) is 4.39. The van der Waals surface area contributed by atoms with Crippen LogP contribution in [0.5, 0.6) is 0 Å². The van der Waals surface area contributed by atoms with Crippen molar-refractivity contribution in [3.05, 3.63) is 28.5 Å². The first-order valence-electron chi connectivity index (χ1n) is 4.92. The van der Waals surface area contributed by atoms with Gasteiger partial charge in [0.1, 0.15) is 0 Å². The van der Waals surface area contributed by atoms with Crippen LogP contribution in [0.2, 0.25) is 0 Å². The molecule has 0 spiro atoms. The highest BCUT2D eigenvalue weighted by Gasteiger charge is 2.14. The third-order valence-electron chi connectivity index (χ3n) is 2.17. The Balaban J connectivity index is 2.83. The number of pyridine rings is 1. The molecule has 1 aromatic rings. The molecule has 2 nitrogen and oxygen atoms in total. The summed E-state index contributed by atoms with van der Waals surface area (Å²) in [7, 11) is 1.98. The average molecular weight is 257 g/mol. The largest absolute Gasteiger partial charge is 0.312 e. The van der Waals surface area contributed by atoms with Crippen LogP contribution in [0, 0.1) is 5.92 Å². The fourth-order valence-electron chi connectivity index (χ4n) is 1.49. The van der Waals surface area contributed by atoms with Gasteiger partial charge in [-0.05, 0) is 47.4 Å². The molecule has 0 bridgehead atoms. The molecule has 0 radical (unpaired) electrons. The predicted molar refractivity (Wildman–Crippen MR) is 63.2 cm³/mol. The molecule has 0 saturated heterocycles. The number of hydrogen-bond acceptors (Lipinski definition) is 2. The van der Waals surface area contributed by atoms with E-state index in [1.54, 1.807) is 0 Å². The van der Waals surface area contributed by atoms with Gasteiger partial charge < -0.3 is 5.32 Å². The van der Waals surface area contributed by atoms with E-state index in [1.807, 2.05) is 25.4 Å². The van der Waals surface area contributed by atoms with Crippen LogP contribution in [0.1, 0.15) is 32.0 Å². The van der Waals surface area contributed by atoms with Crippen molar-refractivity contribution in [1.29, 1.82) is 0 Å². The molecule has 78 valence electrons. The highest BCUT2D eigenvalue weighted by molar-refractivity contribution is 9.10. The van der Waals surface area contributed by atoms with Crippen LogP contribution < -0.4 is 5.32 Å². The van der Waals surface area contributed by atoms with Crippen molar-refractivity contribution in [2.24, 2.45) is 5.92 Å². The van der Waals surface area contributed by atoms with Crippen LogP contribution in [0.3, 0.4) is 0 Å². The molecule has 0 saturated carbocycles. The Labute approximate surface area is 94.3 Å². The summed E-state index contributed by atoms with van der Waals surface area (Å²) >= 11 is 3.53. The lowest BCUT2D eigenvalue weighted by atomic mass is 10.0. The third-order valence-corrected chi connectivity index (χ3v) is 2.84. The van der Waals surface area contributed by atoms with Gasteiger partial charge in [-0.15, -0.1) is 0 Å². The van der Waals surface area contributed by atoms with E-state index in [1.165, 1.54) is 0 Å². The summed E-state index contributed by atoms with van der Waals surface area (Å²) in [6, 6.07) is 4.31. The molecule has 14 heavy (non-hydrogen) atoms. The lowest BCUT2D eigenvalue weighted by molar-refractivity contribution is 0.447. The van der Waals surface area contributed by atoms with Crippen molar-refractivity contribution in [2.45, 2.75) is 26.3 Å². The minimum atomic E-state index is 0.338. The molecule has 1 aromatic heterocycles. The molecule has 1 unspecified atom stereocenters. The van der Waals surface area contributed by atoms with E-state index in [0.29, 0.717) is 12.0 Å². The Kier molecular flexibility index (Phi) is 4.55. The average Bonchev–Trinajstić information content (AvgIpc) is 2.15. The summed E-state index contributed by atoms with van der Waals surface area (Å²) in [5.41, 5.74) is 1.10. The quantitative estimate of drug-likeness (QED) is 0.896. The van der Waals surface area contributed by atoms with Crippen LogP contribution in [0.25, 0.3) is 0 Å². The topological polar surface area (TPSA) is 24.9 Å². The zero-order chi connectivity index (χ0) is 10.6. The van der Waals surface area contributed by atoms with Crippen LogP contribution in [0.4, 0.5) is 0 Å². The Bertz CT molecular complexity index is 286. The van der Waals surface area contributed by atoms with E-state index in [4.69, 9.17) is 0 Å². The highest BCUT2D eigenvalue weighted by atomic mass is 79.9. The van der Waals surface area contributed by atoms with Gasteiger partial charge in [0.05, 0.1) is 11.7 Å². The smallest absolute Gasteiger partial charge is 0.0714 e. The van der Waals surface area contributed by atoms with Gasteiger partial charge in [-0.1, -0.05) is 13.8 Å². The van der Waals surface area contributed by atoms with Crippen molar-refractivity contribution in [2.75, 3.05) is 7.05 Å². The number of halogens is 1. The first-order chi connectivity index (χ1) is 6.65. The molecular weight excluding hydrogens is 240 g/mol. The number of nitrogens with zero attached hydrogens (tertiary/aromatic N) is 1. The van der Waals surface area contributed by atoms with Crippen LogP contribution in [-0.4, -0.2) is 12.0 Å². The predicted octanol–water partition coefficient (Wildman–Crippen LogP) is 3.15. The van der Waals surface area contributed by atoms with Gasteiger partial charge in [-0.25, -0.2) is 0 Å². The second-order valence-electron chi connectivity index (χ2n) is 3.84. The van der Waals surface area contributed by atoms with Gasteiger partial charge >= 0.3 is 0 Å². The van der Waals surface area contributed by atoms with E-state index in [-0.39, 0.29) is 0 Å². The number of aromatic nitrogens is 1. The molecular formula is C11H17BrN2. The lowest BCUT2D eigenvalue weighted by Gasteiger charge is -2.18. The van der Waals surface area contributed by atoms with Gasteiger partial charge in [0, 0.05) is 10.7 Å². The summed E-state index contributed by atoms with van der Waals surface area (Å²) in [6.45, 7) is 4.45. The summed E-state index contributed by atoms with van der Waals surface area (Å²) in [5.74, 6) is 0.668. The molecule has 1 N–H and O–H groups in total. The molecule has 0 aliphatic heterocycles. The fourth-order valence-corrected chi connectivity index (χ4v) is 2.02. The van der Waals surface area contributed by atoms with E-state index in [9.17, 15) is 0 Å². The van der Waals surface area contributed by atoms with Crippen molar-refractivity contribution >= 4 is 15.9 Å².